The molecule has 0 unspecified atom stereocenters. The molecule has 5 nitrogen and oxygen atoms in total. The Morgan fingerprint density at radius 2 is 1.73 bits per heavy atom. The third kappa shape index (κ3) is 3.02. The maximum Gasteiger partial charge on any atom is 1.00 e. The Bertz CT molecular complexity index is 348. The molecule has 0 aliphatic rings. The van der Waals surface area contributed by atoms with E-state index in [1.165, 1.54) is 26.4 Å². The van der Waals surface area contributed by atoms with Crippen molar-refractivity contribution in [2.45, 2.75) is 0 Å². The second-order valence-corrected chi connectivity index (χ2v) is 2.61. The van der Waals surface area contributed by atoms with Crippen LogP contribution >= 0.6 is 0 Å². The fourth-order valence-corrected chi connectivity index (χ4v) is 1.14. The molecule has 0 aromatic heterocycles. The van der Waals surface area contributed by atoms with Crippen molar-refractivity contribution in [1.29, 1.82) is 0 Å². The van der Waals surface area contributed by atoms with Gasteiger partial charge in [0, 0.05) is 17.8 Å². The molecular formula is C9H12NNaO4. The Morgan fingerprint density at radius 1 is 1.33 bits per heavy atom. The molecule has 0 saturated heterocycles. The third-order valence-electron chi connectivity index (χ3n) is 1.74. The average Bonchev–Trinajstić information content (AvgIpc) is 2.15. The van der Waals surface area contributed by atoms with E-state index in [0.29, 0.717) is 5.69 Å². The van der Waals surface area contributed by atoms with Crippen molar-refractivity contribution < 1.29 is 50.4 Å². The van der Waals surface area contributed by atoms with E-state index in [2.05, 4.69) is 0 Å². The molecule has 1 aromatic rings. The van der Waals surface area contributed by atoms with Crippen LogP contribution in [0, 0.1) is 0 Å². The molecule has 1 aromatic carbocycles. The second-order valence-electron chi connectivity index (χ2n) is 2.61. The molecule has 0 atom stereocenters. The van der Waals surface area contributed by atoms with Crippen LogP contribution < -0.4 is 44.8 Å². The number of carbonyl (C=O) groups is 1. The minimum Gasteiger partial charge on any atom is -1.00 e. The topological polar surface area (TPSA) is 81.8 Å². The van der Waals surface area contributed by atoms with Gasteiger partial charge >= 0.3 is 35.5 Å². The first-order chi connectivity index (χ1) is 6.60. The van der Waals surface area contributed by atoms with Crippen molar-refractivity contribution in [1.82, 2.24) is 0 Å². The zero-order valence-corrected chi connectivity index (χ0v) is 10.9. The number of hydrogen-bond donors (Lipinski definition) is 2. The minimum atomic E-state index is -1.11. The molecule has 0 fully saturated rings. The number of hydrogen-bond acceptors (Lipinski definition) is 4. The predicted molar refractivity (Wildman–Crippen MR) is 52.0 cm³/mol. The summed E-state index contributed by atoms with van der Waals surface area (Å²) >= 11 is 0. The van der Waals surface area contributed by atoms with Gasteiger partial charge in [0.05, 0.1) is 14.2 Å². The van der Waals surface area contributed by atoms with E-state index >= 15 is 0 Å². The minimum absolute atomic E-state index is 0. The zero-order chi connectivity index (χ0) is 10.7. The molecule has 1 rings (SSSR count). The molecule has 0 aliphatic heterocycles. The number of anilines is 1. The summed E-state index contributed by atoms with van der Waals surface area (Å²) in [5.74, 6) is -0.734. The quantitative estimate of drug-likeness (QED) is 0.460. The number of aromatic carboxylic acids is 1. The van der Waals surface area contributed by atoms with Crippen LogP contribution in [-0.4, -0.2) is 25.3 Å². The summed E-state index contributed by atoms with van der Waals surface area (Å²) in [6.45, 7) is 0. The Morgan fingerprint density at radius 3 is 2.00 bits per heavy atom. The Kier molecular flexibility index (Phi) is 5.49. The first-order valence-electron chi connectivity index (χ1n) is 3.85. The summed E-state index contributed by atoms with van der Waals surface area (Å²) in [6.07, 6.45) is 0. The van der Waals surface area contributed by atoms with E-state index in [4.69, 9.17) is 20.3 Å². The smallest absolute Gasteiger partial charge is 1.00 e. The van der Waals surface area contributed by atoms with Crippen molar-refractivity contribution >= 4 is 11.7 Å². The van der Waals surface area contributed by atoms with Gasteiger partial charge in [-0.1, -0.05) is 0 Å². The Labute approximate surface area is 111 Å². The molecule has 0 bridgehead atoms. The molecular weight excluding hydrogens is 209 g/mol. The van der Waals surface area contributed by atoms with Gasteiger partial charge in [0.1, 0.15) is 17.1 Å². The first kappa shape index (κ1) is 14.1. The molecule has 0 spiro atoms. The van der Waals surface area contributed by atoms with Crippen LogP contribution in [0.25, 0.3) is 0 Å². The van der Waals surface area contributed by atoms with E-state index in [1.54, 1.807) is 0 Å². The summed E-state index contributed by atoms with van der Waals surface area (Å²) in [7, 11) is 2.75. The van der Waals surface area contributed by atoms with E-state index < -0.39 is 5.97 Å². The SMILES string of the molecule is COc1cc(N)cc(OC)c1C(=O)O.[H-].[Na+]. The monoisotopic (exact) mass is 221 g/mol. The number of nitrogen functional groups attached to an aromatic ring is 1. The molecule has 0 radical (unpaired) electrons. The molecule has 0 heterocycles. The van der Waals surface area contributed by atoms with E-state index in [0.717, 1.165) is 0 Å². The largest absolute Gasteiger partial charge is 1.00 e. The summed E-state index contributed by atoms with van der Waals surface area (Å²) < 4.78 is 9.78. The van der Waals surface area contributed by atoms with Crippen molar-refractivity contribution in [3.05, 3.63) is 17.7 Å². The second kappa shape index (κ2) is 5.85. The van der Waals surface area contributed by atoms with Crippen LogP contribution in [0.15, 0.2) is 12.1 Å². The van der Waals surface area contributed by atoms with Gasteiger partial charge in [-0.25, -0.2) is 4.79 Å². The van der Waals surface area contributed by atoms with Crippen molar-refractivity contribution in [2.24, 2.45) is 0 Å². The normalized spacial score (nSPS) is 8.93. The van der Waals surface area contributed by atoms with Crippen LogP contribution in [0.3, 0.4) is 0 Å². The standard InChI is InChI=1S/C9H11NO4.Na.H/c1-13-6-3-5(10)4-7(14-2)8(6)9(11)12;;/h3-4H,10H2,1-2H3,(H,11,12);;/q;+1;-1. The van der Waals surface area contributed by atoms with Crippen LogP contribution in [0.1, 0.15) is 11.8 Å². The number of rotatable bonds is 3. The fraction of sp³-hybridized carbons (Fsp3) is 0.222. The van der Waals surface area contributed by atoms with Crippen LogP contribution in [-0.2, 0) is 0 Å². The molecule has 0 saturated carbocycles. The zero-order valence-electron chi connectivity index (χ0n) is 9.90. The Hall–Kier alpha value is -0.910. The Balaban J connectivity index is 0. The molecule has 6 heteroatoms. The fourth-order valence-electron chi connectivity index (χ4n) is 1.14. The van der Waals surface area contributed by atoms with E-state index in [9.17, 15) is 4.79 Å². The third-order valence-corrected chi connectivity index (χ3v) is 1.74. The van der Waals surface area contributed by atoms with E-state index in [1.807, 2.05) is 0 Å². The van der Waals surface area contributed by atoms with Gasteiger partial charge in [-0.15, -0.1) is 0 Å². The van der Waals surface area contributed by atoms with Gasteiger partial charge in [0.25, 0.3) is 0 Å². The summed E-state index contributed by atoms with van der Waals surface area (Å²) in [4.78, 5) is 10.9. The summed E-state index contributed by atoms with van der Waals surface area (Å²) in [5, 5.41) is 8.90. The number of carboxylic acid groups (broad SMARTS) is 1. The number of carboxylic acids is 1. The molecule has 3 N–H and O–H groups in total. The molecule has 0 aliphatic carbocycles. The predicted octanol–water partition coefficient (Wildman–Crippen LogP) is -1.90. The molecule has 15 heavy (non-hydrogen) atoms. The average molecular weight is 221 g/mol. The number of nitrogens with two attached hydrogens (primary N) is 1. The van der Waals surface area contributed by atoms with Crippen LogP contribution in [0.2, 0.25) is 0 Å². The van der Waals surface area contributed by atoms with Crippen molar-refractivity contribution in [3.63, 3.8) is 0 Å². The number of ether oxygens (including phenoxy) is 2. The van der Waals surface area contributed by atoms with Crippen molar-refractivity contribution in [3.8, 4) is 11.5 Å². The van der Waals surface area contributed by atoms with E-state index in [-0.39, 0.29) is 48.0 Å². The van der Waals surface area contributed by atoms with Gasteiger partial charge in [-0.05, 0) is 0 Å². The molecule has 0 amide bonds. The van der Waals surface area contributed by atoms with Gasteiger partial charge in [-0.3, -0.25) is 0 Å². The maximum absolute atomic E-state index is 10.9. The molecule has 78 valence electrons. The van der Waals surface area contributed by atoms with Gasteiger partial charge in [-0.2, -0.15) is 0 Å². The number of methoxy groups -OCH3 is 2. The van der Waals surface area contributed by atoms with Crippen LogP contribution in [0.4, 0.5) is 5.69 Å². The van der Waals surface area contributed by atoms with Crippen molar-refractivity contribution in [2.75, 3.05) is 20.0 Å². The van der Waals surface area contributed by atoms with Gasteiger partial charge in [0.15, 0.2) is 0 Å². The van der Waals surface area contributed by atoms with Gasteiger partial charge in [0.2, 0.25) is 0 Å². The van der Waals surface area contributed by atoms with Gasteiger partial charge < -0.3 is 21.7 Å². The number of benzene rings is 1. The van der Waals surface area contributed by atoms with Crippen LogP contribution in [0.5, 0.6) is 11.5 Å². The maximum atomic E-state index is 10.9. The summed E-state index contributed by atoms with van der Waals surface area (Å²) in [6, 6.07) is 2.87. The summed E-state index contributed by atoms with van der Waals surface area (Å²) in [5.41, 5.74) is 5.90. The first-order valence-corrected chi connectivity index (χ1v) is 3.85.